The van der Waals surface area contributed by atoms with Crippen molar-refractivity contribution in [2.75, 3.05) is 4.90 Å². The van der Waals surface area contributed by atoms with E-state index in [1.807, 2.05) is 6.07 Å². The highest BCUT2D eigenvalue weighted by molar-refractivity contribution is 6.22. The maximum atomic E-state index is 10.2. The second kappa shape index (κ2) is 13.3. The van der Waals surface area contributed by atoms with E-state index in [9.17, 15) is 5.26 Å². The molecule has 1 aliphatic heterocycles. The van der Waals surface area contributed by atoms with Crippen LogP contribution in [0, 0.1) is 11.3 Å². The van der Waals surface area contributed by atoms with E-state index in [1.165, 1.54) is 33.4 Å². The molecule has 2 aliphatic rings. The van der Waals surface area contributed by atoms with Gasteiger partial charge in [-0.05, 0) is 93.0 Å². The minimum Gasteiger partial charge on any atom is -0.310 e. The molecule has 3 heteroatoms. The zero-order chi connectivity index (χ0) is 40.8. The van der Waals surface area contributed by atoms with E-state index in [-0.39, 0.29) is 5.41 Å². The van der Waals surface area contributed by atoms with Crippen molar-refractivity contribution in [2.45, 2.75) is 19.3 Å². The van der Waals surface area contributed by atoms with Crippen LogP contribution < -0.4 is 4.90 Å². The lowest BCUT2D eigenvalue weighted by Gasteiger charge is -2.31. The summed E-state index contributed by atoms with van der Waals surface area (Å²) < 4.78 is 2.43. The maximum Gasteiger partial charge on any atom is 0.0992 e. The van der Waals surface area contributed by atoms with Crippen LogP contribution in [0.4, 0.5) is 17.1 Å². The predicted octanol–water partition coefficient (Wildman–Crippen LogP) is 15.4. The fourth-order valence-corrected chi connectivity index (χ4v) is 10.4. The van der Waals surface area contributed by atoms with Crippen LogP contribution in [-0.4, -0.2) is 4.57 Å². The van der Waals surface area contributed by atoms with Crippen molar-refractivity contribution < 1.29 is 0 Å². The topological polar surface area (TPSA) is 32.0 Å². The lowest BCUT2D eigenvalue weighted by molar-refractivity contribution is 0.660. The molecule has 10 aromatic rings. The Balaban J connectivity index is 1.26. The third kappa shape index (κ3) is 5.09. The molecule has 9 aromatic carbocycles. The molecule has 0 saturated carbocycles. The average Bonchev–Trinajstić information content (AvgIpc) is 3.71. The number of para-hydroxylation sites is 2. The van der Waals surface area contributed by atoms with Gasteiger partial charge in [0.15, 0.2) is 0 Å². The number of benzene rings is 9. The lowest BCUT2D eigenvalue weighted by atomic mass is 9.82. The van der Waals surface area contributed by atoms with Crippen molar-refractivity contribution >= 4 is 38.9 Å². The highest BCUT2D eigenvalue weighted by Crippen LogP contribution is 2.58. The van der Waals surface area contributed by atoms with E-state index in [1.54, 1.807) is 0 Å². The Kier molecular flexibility index (Phi) is 7.64. The van der Waals surface area contributed by atoms with E-state index < -0.39 is 0 Å². The van der Waals surface area contributed by atoms with Gasteiger partial charge >= 0.3 is 0 Å². The Bertz CT molecular complexity index is 3440. The smallest absolute Gasteiger partial charge is 0.0992 e. The van der Waals surface area contributed by atoms with Gasteiger partial charge in [-0.1, -0.05) is 166 Å². The molecule has 1 aliphatic carbocycles. The summed E-state index contributed by atoms with van der Waals surface area (Å²) in [6.45, 7) is 4.71. The van der Waals surface area contributed by atoms with Crippen LogP contribution in [0.15, 0.2) is 200 Å². The van der Waals surface area contributed by atoms with Crippen LogP contribution in [0.25, 0.3) is 83.1 Å². The summed E-state index contributed by atoms with van der Waals surface area (Å²) in [7, 11) is 0. The van der Waals surface area contributed by atoms with Gasteiger partial charge in [0.25, 0.3) is 0 Å². The zero-order valence-corrected chi connectivity index (χ0v) is 33.9. The summed E-state index contributed by atoms with van der Waals surface area (Å²) in [6.07, 6.45) is 0. The lowest BCUT2D eigenvalue weighted by Crippen LogP contribution is -2.17. The first-order valence-electron chi connectivity index (χ1n) is 21.0. The number of nitrogens with zero attached hydrogens (tertiary/aromatic N) is 3. The number of hydrogen-bond acceptors (Lipinski definition) is 2. The van der Waals surface area contributed by atoms with Crippen molar-refractivity contribution in [2.24, 2.45) is 0 Å². The molecule has 0 saturated heterocycles. The summed E-state index contributed by atoms with van der Waals surface area (Å²) in [5.41, 5.74) is 21.5. The van der Waals surface area contributed by atoms with Gasteiger partial charge in [0, 0.05) is 49.8 Å². The number of nitriles is 1. The normalized spacial score (nSPS) is 12.9. The molecule has 0 radical (unpaired) electrons. The first kappa shape index (κ1) is 35.1. The third-order valence-corrected chi connectivity index (χ3v) is 13.2. The molecule has 61 heavy (non-hydrogen) atoms. The monoisotopic (exact) mass is 777 g/mol. The molecule has 0 N–H and O–H groups in total. The van der Waals surface area contributed by atoms with Gasteiger partial charge in [0.1, 0.15) is 0 Å². The van der Waals surface area contributed by atoms with Crippen molar-refractivity contribution in [3.8, 4) is 67.4 Å². The van der Waals surface area contributed by atoms with Crippen LogP contribution >= 0.6 is 0 Å². The molecular weight excluding hydrogens is 739 g/mol. The van der Waals surface area contributed by atoms with Gasteiger partial charge in [-0.3, -0.25) is 0 Å². The largest absolute Gasteiger partial charge is 0.310 e. The minimum absolute atomic E-state index is 0.169. The molecular formula is C58H39N3. The molecule has 12 rings (SSSR count). The van der Waals surface area contributed by atoms with Gasteiger partial charge in [0.05, 0.1) is 34.0 Å². The van der Waals surface area contributed by atoms with E-state index >= 15 is 0 Å². The molecule has 0 bridgehead atoms. The van der Waals surface area contributed by atoms with Gasteiger partial charge in [-0.25, -0.2) is 0 Å². The van der Waals surface area contributed by atoms with Crippen LogP contribution in [0.5, 0.6) is 0 Å². The van der Waals surface area contributed by atoms with Crippen LogP contribution in [0.1, 0.15) is 30.5 Å². The molecule has 0 amide bonds. The maximum absolute atomic E-state index is 10.2. The number of rotatable bonds is 5. The highest BCUT2D eigenvalue weighted by atomic mass is 15.1. The number of anilines is 3. The van der Waals surface area contributed by atoms with E-state index in [2.05, 4.69) is 224 Å². The molecule has 3 nitrogen and oxygen atoms in total. The molecule has 0 fully saturated rings. The molecule has 0 unspecified atom stereocenters. The molecule has 0 spiro atoms. The number of fused-ring (bicyclic) bond motifs is 11. The fourth-order valence-electron chi connectivity index (χ4n) is 10.4. The summed E-state index contributed by atoms with van der Waals surface area (Å²) in [5.74, 6) is 0. The van der Waals surface area contributed by atoms with Crippen LogP contribution in [0.3, 0.4) is 0 Å². The molecule has 1 aromatic heterocycles. The van der Waals surface area contributed by atoms with Gasteiger partial charge in [0.2, 0.25) is 0 Å². The minimum atomic E-state index is -0.169. The quantitative estimate of drug-likeness (QED) is 0.174. The van der Waals surface area contributed by atoms with Crippen molar-refractivity contribution in [1.82, 2.24) is 4.57 Å². The molecule has 2 heterocycles. The molecule has 0 atom stereocenters. The van der Waals surface area contributed by atoms with Gasteiger partial charge in [-0.15, -0.1) is 0 Å². The van der Waals surface area contributed by atoms with Gasteiger partial charge in [-0.2, -0.15) is 5.26 Å². The summed E-state index contributed by atoms with van der Waals surface area (Å²) in [5, 5.41) is 12.5. The second-order valence-corrected chi connectivity index (χ2v) is 16.8. The first-order chi connectivity index (χ1) is 30.0. The summed E-state index contributed by atoms with van der Waals surface area (Å²) >= 11 is 0. The molecule has 286 valence electrons. The predicted molar refractivity (Wildman–Crippen MR) is 253 cm³/mol. The Morgan fingerprint density at radius 2 is 1.05 bits per heavy atom. The van der Waals surface area contributed by atoms with Crippen molar-refractivity contribution in [3.63, 3.8) is 0 Å². The summed E-state index contributed by atoms with van der Waals surface area (Å²) in [6, 6.07) is 75.1. The van der Waals surface area contributed by atoms with Gasteiger partial charge < -0.3 is 9.47 Å². The fraction of sp³-hybridized carbons (Fsp3) is 0.0517. The van der Waals surface area contributed by atoms with Crippen LogP contribution in [0.2, 0.25) is 0 Å². The SMILES string of the molecule is CC1(C)c2ccccc2-c2ccc(N(c3ccccc3)c3ccc(-c4ccccc4)c4c3-c3ccccc3-n3c5cc(C#N)ccc5c5ccc(-c6ccccc6)c-4c53)cc21. The van der Waals surface area contributed by atoms with E-state index in [4.69, 9.17) is 0 Å². The van der Waals surface area contributed by atoms with E-state index in [0.29, 0.717) is 5.56 Å². The Labute approximate surface area is 355 Å². The Morgan fingerprint density at radius 1 is 0.459 bits per heavy atom. The van der Waals surface area contributed by atoms with Crippen molar-refractivity contribution in [3.05, 3.63) is 217 Å². The Hall–Kier alpha value is -7.93. The standard InChI is InChI=1S/C58H39N3/c1-58(2)49-24-14-12-22-44(49)45-29-27-41(35-50(45)58)60(40-20-10-5-11-21-40)52-33-32-42(38-16-6-3-7-17-38)55-54(52)48-23-13-15-25-51(48)61-53-34-37(36-59)26-28-46(53)47-31-30-43(56(55)57(47)61)39-18-8-4-9-19-39/h3-35H,1-2H3. The second-order valence-electron chi connectivity index (χ2n) is 16.8. The van der Waals surface area contributed by atoms with Crippen LogP contribution in [-0.2, 0) is 5.41 Å². The average molecular weight is 778 g/mol. The zero-order valence-electron chi connectivity index (χ0n) is 33.9. The number of aromatic nitrogens is 1. The highest BCUT2D eigenvalue weighted by Gasteiger charge is 2.37. The first-order valence-corrected chi connectivity index (χ1v) is 21.0. The van der Waals surface area contributed by atoms with Crippen molar-refractivity contribution in [1.29, 1.82) is 5.26 Å². The number of hydrogen-bond donors (Lipinski definition) is 0. The third-order valence-electron chi connectivity index (χ3n) is 13.2. The van der Waals surface area contributed by atoms with E-state index in [0.717, 1.165) is 77.9 Å². The summed E-state index contributed by atoms with van der Waals surface area (Å²) in [4.78, 5) is 2.47. The Morgan fingerprint density at radius 3 is 1.79 bits per heavy atom.